The Morgan fingerprint density at radius 1 is 1.47 bits per heavy atom. The molecule has 0 saturated carbocycles. The molecule has 0 radical (unpaired) electrons. The molecule has 0 aromatic carbocycles. The predicted molar refractivity (Wildman–Crippen MR) is 71.3 cm³/mol. The molecule has 0 spiro atoms. The number of carbonyl (C=O) groups is 1. The normalized spacial score (nSPS) is 29.2. The van der Waals surface area contributed by atoms with Gasteiger partial charge in [-0.05, 0) is 37.4 Å². The van der Waals surface area contributed by atoms with Gasteiger partial charge in [0, 0.05) is 19.1 Å². The minimum absolute atomic E-state index is 0.151. The van der Waals surface area contributed by atoms with E-state index >= 15 is 0 Å². The number of amides is 1. The number of hydrogen-bond donors (Lipinski definition) is 2. The molecule has 1 amide bonds. The number of pyridine rings is 1. The molecule has 2 aliphatic heterocycles. The van der Waals surface area contributed by atoms with Gasteiger partial charge in [-0.25, -0.2) is 4.98 Å². The van der Waals surface area contributed by atoms with Crippen molar-refractivity contribution in [1.29, 1.82) is 0 Å². The monoisotopic (exact) mass is 281 g/mol. The summed E-state index contributed by atoms with van der Waals surface area (Å²) in [4.78, 5) is 18.2. The smallest absolute Gasteiger partial charge is 0.270 e. The van der Waals surface area contributed by atoms with Gasteiger partial charge in [0.2, 0.25) is 5.88 Å². The predicted octanol–water partition coefficient (Wildman–Crippen LogP) is 1.26. The zero-order chi connectivity index (χ0) is 13.4. The van der Waals surface area contributed by atoms with E-state index < -0.39 is 0 Å². The fourth-order valence-corrected chi connectivity index (χ4v) is 3.09. The number of aromatic nitrogens is 1. The Hall–Kier alpha value is -1.33. The van der Waals surface area contributed by atoms with Gasteiger partial charge in [0.05, 0.1) is 0 Å². The Morgan fingerprint density at radius 3 is 3.05 bits per heavy atom. The lowest BCUT2D eigenvalue weighted by Gasteiger charge is -2.30. The SMILES string of the molecule is O=C(N[C@@H]1C[C@H]2CCN(C2)C1)c1ccc(Cl)c(O)n1. The first-order chi connectivity index (χ1) is 9.11. The summed E-state index contributed by atoms with van der Waals surface area (Å²) in [5, 5.41) is 12.6. The first kappa shape index (κ1) is 12.7. The van der Waals surface area contributed by atoms with E-state index in [9.17, 15) is 9.90 Å². The Bertz CT molecular complexity index is 497. The third-order valence-electron chi connectivity index (χ3n) is 3.86. The van der Waals surface area contributed by atoms with Gasteiger partial charge in [-0.15, -0.1) is 0 Å². The zero-order valence-electron chi connectivity index (χ0n) is 10.5. The average Bonchev–Trinajstić information content (AvgIpc) is 2.72. The van der Waals surface area contributed by atoms with Crippen LogP contribution in [0.4, 0.5) is 0 Å². The van der Waals surface area contributed by atoms with Crippen molar-refractivity contribution < 1.29 is 9.90 Å². The molecule has 1 aromatic heterocycles. The van der Waals surface area contributed by atoms with Crippen molar-refractivity contribution in [3.05, 3.63) is 22.8 Å². The molecule has 5 nitrogen and oxygen atoms in total. The molecule has 2 N–H and O–H groups in total. The number of fused-ring (bicyclic) bond motifs is 2. The molecule has 3 atom stereocenters. The molecule has 2 saturated heterocycles. The fourth-order valence-electron chi connectivity index (χ4n) is 2.98. The third-order valence-corrected chi connectivity index (χ3v) is 4.16. The van der Waals surface area contributed by atoms with E-state index in [2.05, 4.69) is 15.2 Å². The Morgan fingerprint density at radius 2 is 2.32 bits per heavy atom. The van der Waals surface area contributed by atoms with E-state index in [-0.39, 0.29) is 28.5 Å². The second-order valence-corrected chi connectivity index (χ2v) is 5.73. The van der Waals surface area contributed by atoms with Gasteiger partial charge in [-0.1, -0.05) is 11.6 Å². The van der Waals surface area contributed by atoms with Crippen molar-refractivity contribution in [1.82, 2.24) is 15.2 Å². The summed E-state index contributed by atoms with van der Waals surface area (Å²) in [6.07, 6.45) is 2.26. The minimum Gasteiger partial charge on any atom is -0.492 e. The molecule has 3 heterocycles. The topological polar surface area (TPSA) is 65.5 Å². The van der Waals surface area contributed by atoms with Crippen LogP contribution in [0.1, 0.15) is 23.3 Å². The lowest BCUT2D eigenvalue weighted by molar-refractivity contribution is 0.0903. The molecule has 6 heteroatoms. The van der Waals surface area contributed by atoms with E-state index in [0.29, 0.717) is 5.92 Å². The van der Waals surface area contributed by atoms with Crippen LogP contribution in [0.25, 0.3) is 0 Å². The van der Waals surface area contributed by atoms with Crippen LogP contribution in [0.3, 0.4) is 0 Å². The Labute approximate surface area is 116 Å². The Kier molecular flexibility index (Phi) is 3.33. The lowest BCUT2D eigenvalue weighted by Crippen LogP contribution is -2.47. The van der Waals surface area contributed by atoms with Gasteiger partial charge in [0.1, 0.15) is 10.7 Å². The molecule has 2 aliphatic rings. The summed E-state index contributed by atoms with van der Waals surface area (Å²) < 4.78 is 0. The van der Waals surface area contributed by atoms with E-state index in [0.717, 1.165) is 26.1 Å². The van der Waals surface area contributed by atoms with Crippen LogP contribution < -0.4 is 5.32 Å². The van der Waals surface area contributed by atoms with Crippen molar-refractivity contribution in [2.75, 3.05) is 19.6 Å². The van der Waals surface area contributed by atoms with Crippen LogP contribution in [0.5, 0.6) is 5.88 Å². The van der Waals surface area contributed by atoms with Crippen LogP contribution in [0.15, 0.2) is 12.1 Å². The first-order valence-electron chi connectivity index (χ1n) is 6.50. The molecule has 19 heavy (non-hydrogen) atoms. The van der Waals surface area contributed by atoms with Gasteiger partial charge in [-0.3, -0.25) is 4.79 Å². The van der Waals surface area contributed by atoms with Crippen molar-refractivity contribution in [2.24, 2.45) is 5.92 Å². The van der Waals surface area contributed by atoms with Crippen LogP contribution in [0.2, 0.25) is 5.02 Å². The van der Waals surface area contributed by atoms with Crippen molar-refractivity contribution in [2.45, 2.75) is 18.9 Å². The summed E-state index contributed by atoms with van der Waals surface area (Å²) in [7, 11) is 0. The van der Waals surface area contributed by atoms with Gasteiger partial charge in [0.15, 0.2) is 0 Å². The summed E-state index contributed by atoms with van der Waals surface area (Å²) in [5.41, 5.74) is 0.204. The molecular weight excluding hydrogens is 266 g/mol. The minimum atomic E-state index is -0.304. The van der Waals surface area contributed by atoms with Crippen molar-refractivity contribution >= 4 is 17.5 Å². The van der Waals surface area contributed by atoms with E-state index in [1.807, 2.05) is 0 Å². The van der Waals surface area contributed by atoms with Crippen LogP contribution in [-0.2, 0) is 0 Å². The Balaban J connectivity index is 1.66. The number of hydrogen-bond acceptors (Lipinski definition) is 4. The highest BCUT2D eigenvalue weighted by Crippen LogP contribution is 2.27. The lowest BCUT2D eigenvalue weighted by atomic mass is 9.97. The summed E-state index contributed by atoms with van der Waals surface area (Å²) >= 11 is 5.67. The molecule has 2 fully saturated rings. The largest absolute Gasteiger partial charge is 0.492 e. The van der Waals surface area contributed by atoms with E-state index in [1.54, 1.807) is 0 Å². The highest BCUT2D eigenvalue weighted by atomic mass is 35.5. The molecule has 102 valence electrons. The van der Waals surface area contributed by atoms with Gasteiger partial charge in [0.25, 0.3) is 5.91 Å². The van der Waals surface area contributed by atoms with Gasteiger partial charge in [-0.2, -0.15) is 0 Å². The standard InChI is InChI=1S/C13H16ClN3O2/c14-10-1-2-11(16-12(10)18)13(19)15-9-5-8-3-4-17(6-8)7-9/h1-2,8-9H,3-7H2,(H,15,19)(H,16,18)/t8-,9-/m1/s1. The molecular formula is C13H16ClN3O2. The maximum atomic E-state index is 12.1. The quantitative estimate of drug-likeness (QED) is 0.857. The first-order valence-corrected chi connectivity index (χ1v) is 6.88. The number of halogens is 1. The van der Waals surface area contributed by atoms with E-state index in [1.165, 1.54) is 18.6 Å². The summed E-state index contributed by atoms with van der Waals surface area (Å²) in [6.45, 7) is 3.20. The highest BCUT2D eigenvalue weighted by molar-refractivity contribution is 6.31. The number of nitrogens with one attached hydrogen (secondary N) is 1. The summed E-state index contributed by atoms with van der Waals surface area (Å²) in [5.74, 6) is 0.145. The average molecular weight is 282 g/mol. The van der Waals surface area contributed by atoms with Crippen LogP contribution >= 0.6 is 11.6 Å². The van der Waals surface area contributed by atoms with Gasteiger partial charge < -0.3 is 15.3 Å². The molecule has 1 aromatic rings. The zero-order valence-corrected chi connectivity index (χ0v) is 11.2. The molecule has 0 aliphatic carbocycles. The number of rotatable bonds is 2. The third kappa shape index (κ3) is 2.67. The molecule has 2 bridgehead atoms. The number of nitrogens with zero attached hydrogens (tertiary/aromatic N) is 2. The highest BCUT2D eigenvalue weighted by Gasteiger charge is 2.33. The number of carbonyl (C=O) groups excluding carboxylic acids is 1. The second kappa shape index (κ2) is 4.98. The fraction of sp³-hybridized carbons (Fsp3) is 0.538. The maximum absolute atomic E-state index is 12.1. The van der Waals surface area contributed by atoms with Gasteiger partial charge >= 0.3 is 0 Å². The number of piperidine rings is 1. The maximum Gasteiger partial charge on any atom is 0.270 e. The molecule has 1 unspecified atom stereocenters. The van der Waals surface area contributed by atoms with Crippen molar-refractivity contribution in [3.63, 3.8) is 0 Å². The molecule has 3 rings (SSSR count). The van der Waals surface area contributed by atoms with E-state index in [4.69, 9.17) is 11.6 Å². The summed E-state index contributed by atoms with van der Waals surface area (Å²) in [6, 6.07) is 3.18. The van der Waals surface area contributed by atoms with Crippen LogP contribution in [-0.4, -0.2) is 46.6 Å². The second-order valence-electron chi connectivity index (χ2n) is 5.32. The van der Waals surface area contributed by atoms with Crippen molar-refractivity contribution in [3.8, 4) is 5.88 Å². The number of aromatic hydroxyl groups is 1. The van der Waals surface area contributed by atoms with Crippen LogP contribution in [0, 0.1) is 5.92 Å².